The second-order valence-electron chi connectivity index (χ2n) is 6.73. The fourth-order valence-corrected chi connectivity index (χ4v) is 3.16. The summed E-state index contributed by atoms with van der Waals surface area (Å²) < 4.78 is 39.3. The fraction of sp³-hybridized carbons (Fsp3) is 0.529. The van der Waals surface area contributed by atoms with Gasteiger partial charge in [-0.25, -0.2) is 0 Å². The van der Waals surface area contributed by atoms with Crippen molar-refractivity contribution in [2.45, 2.75) is 25.7 Å². The van der Waals surface area contributed by atoms with E-state index in [1.54, 1.807) is 0 Å². The van der Waals surface area contributed by atoms with Gasteiger partial charge in [0.2, 0.25) is 6.33 Å². The molecule has 11 heteroatoms. The van der Waals surface area contributed by atoms with Crippen molar-refractivity contribution in [3.63, 3.8) is 0 Å². The molecule has 0 unspecified atom stereocenters. The lowest BCUT2D eigenvalue weighted by Crippen LogP contribution is -2.46. The molecule has 0 amide bonds. The second kappa shape index (κ2) is 8.65. The van der Waals surface area contributed by atoms with Crippen molar-refractivity contribution in [2.24, 2.45) is 0 Å². The lowest BCUT2D eigenvalue weighted by Gasteiger charge is -2.34. The van der Waals surface area contributed by atoms with Crippen molar-refractivity contribution >= 4 is 5.95 Å². The maximum Gasteiger partial charge on any atom is 0.490 e. The predicted octanol–water partition coefficient (Wildman–Crippen LogP) is 2.41. The second-order valence-corrected chi connectivity index (χ2v) is 6.73. The van der Waals surface area contributed by atoms with Gasteiger partial charge in [-0.3, -0.25) is 4.90 Å². The summed E-state index contributed by atoms with van der Waals surface area (Å²) in [6.45, 7) is 5.48. The first-order chi connectivity index (χ1) is 13.3. The molecule has 152 valence electrons. The highest BCUT2D eigenvalue weighted by molar-refractivity contribution is 5.24. The summed E-state index contributed by atoms with van der Waals surface area (Å²) in [5, 5.41) is 14.3. The van der Waals surface area contributed by atoms with Crippen LogP contribution in [0.3, 0.4) is 0 Å². The third kappa shape index (κ3) is 5.49. The number of piperazine rings is 1. The normalized spacial score (nSPS) is 16.4. The number of aryl methyl sites for hydroxylation is 1. The van der Waals surface area contributed by atoms with Gasteiger partial charge in [-0.15, -0.1) is 0 Å². The van der Waals surface area contributed by atoms with E-state index in [4.69, 9.17) is 0 Å². The van der Waals surface area contributed by atoms with Crippen molar-refractivity contribution in [1.82, 2.24) is 24.6 Å². The van der Waals surface area contributed by atoms with E-state index in [1.165, 1.54) is 23.1 Å². The molecule has 1 aliphatic rings. The van der Waals surface area contributed by atoms with E-state index in [0.717, 1.165) is 56.8 Å². The van der Waals surface area contributed by atoms with Gasteiger partial charge in [0.15, 0.2) is 0 Å². The minimum absolute atomic E-state index is 0.392. The highest BCUT2D eigenvalue weighted by Crippen LogP contribution is 2.29. The number of rotatable bonds is 7. The van der Waals surface area contributed by atoms with Crippen molar-refractivity contribution in [2.75, 3.05) is 32.7 Å². The van der Waals surface area contributed by atoms with Crippen molar-refractivity contribution < 1.29 is 18.1 Å². The molecule has 1 aromatic carbocycles. The van der Waals surface area contributed by atoms with Crippen LogP contribution in [0, 0.1) is 10.1 Å². The molecule has 0 saturated carbocycles. The van der Waals surface area contributed by atoms with Gasteiger partial charge >= 0.3 is 12.1 Å². The molecule has 3 rings (SSSR count). The lowest BCUT2D eigenvalue weighted by molar-refractivity contribution is -0.394. The van der Waals surface area contributed by atoms with E-state index in [-0.39, 0.29) is 0 Å². The topological polar surface area (TPSA) is 80.3 Å². The Morgan fingerprint density at radius 2 is 1.68 bits per heavy atom. The molecule has 1 fully saturated rings. The molecule has 1 saturated heterocycles. The maximum absolute atomic E-state index is 12.6. The number of hydrogen-bond donors (Lipinski definition) is 0. The summed E-state index contributed by atoms with van der Waals surface area (Å²) in [5.41, 5.74) is 0.244. The van der Waals surface area contributed by atoms with Crippen molar-refractivity contribution in [3.05, 3.63) is 51.8 Å². The van der Waals surface area contributed by atoms with Gasteiger partial charge in [-0.1, -0.05) is 17.1 Å². The summed E-state index contributed by atoms with van der Waals surface area (Å²) in [6, 6.07) is 5.32. The number of alkyl halides is 3. The first-order valence-corrected chi connectivity index (χ1v) is 8.96. The molecule has 0 N–H and O–H groups in total. The summed E-state index contributed by atoms with van der Waals surface area (Å²) >= 11 is 0. The van der Waals surface area contributed by atoms with Crippen molar-refractivity contribution in [1.29, 1.82) is 0 Å². The van der Waals surface area contributed by atoms with Crippen LogP contribution in [0.25, 0.3) is 0 Å². The largest absolute Gasteiger partial charge is 0.490 e. The van der Waals surface area contributed by atoms with Gasteiger partial charge in [-0.05, 0) is 29.0 Å². The summed E-state index contributed by atoms with van der Waals surface area (Å²) in [5.74, 6) is -0.392. The monoisotopic (exact) mass is 398 g/mol. The molecular formula is C17H21F3N6O2. The van der Waals surface area contributed by atoms with Crippen LogP contribution >= 0.6 is 0 Å². The predicted molar refractivity (Wildman–Crippen MR) is 94.5 cm³/mol. The lowest BCUT2D eigenvalue weighted by atomic mass is 10.1. The number of halogens is 3. The molecule has 1 aromatic heterocycles. The van der Waals surface area contributed by atoms with E-state index in [2.05, 4.69) is 19.9 Å². The number of hydrogen-bond acceptors (Lipinski definition) is 6. The average Bonchev–Trinajstić information content (AvgIpc) is 3.12. The minimum atomic E-state index is -4.30. The fourth-order valence-electron chi connectivity index (χ4n) is 3.16. The zero-order chi connectivity index (χ0) is 20.1. The smallest absolute Gasteiger partial charge is 0.390 e. The number of nitrogens with zero attached hydrogens (tertiary/aromatic N) is 6. The average molecular weight is 398 g/mol. The molecule has 1 aliphatic heterocycles. The van der Waals surface area contributed by atoms with Crippen LogP contribution in [0.15, 0.2) is 30.6 Å². The Kier molecular flexibility index (Phi) is 6.25. The van der Waals surface area contributed by atoms with Crippen LogP contribution < -0.4 is 0 Å². The Labute approximate surface area is 159 Å². The van der Waals surface area contributed by atoms with Crippen LogP contribution in [0.2, 0.25) is 0 Å². The van der Waals surface area contributed by atoms with E-state index < -0.39 is 22.6 Å². The molecular weight excluding hydrogens is 377 g/mol. The molecule has 2 aromatic rings. The number of aromatic nitrogens is 3. The van der Waals surface area contributed by atoms with Crippen LogP contribution in [0.1, 0.15) is 17.5 Å². The third-order valence-electron chi connectivity index (χ3n) is 4.70. The van der Waals surface area contributed by atoms with Gasteiger partial charge in [0, 0.05) is 44.4 Å². The van der Waals surface area contributed by atoms with E-state index in [1.807, 2.05) is 0 Å². The SMILES string of the molecule is O=[N+]([O-])c1ncn(CCCN2CCN(Cc3ccc(C(F)(F)F)cc3)CC2)n1. The van der Waals surface area contributed by atoms with Crippen LogP contribution in [0.5, 0.6) is 0 Å². The highest BCUT2D eigenvalue weighted by atomic mass is 19.4. The van der Waals surface area contributed by atoms with Crippen molar-refractivity contribution in [3.8, 4) is 0 Å². The Hall–Kier alpha value is -2.53. The number of nitro groups is 1. The van der Waals surface area contributed by atoms with Gasteiger partial charge < -0.3 is 15.0 Å². The third-order valence-corrected chi connectivity index (χ3v) is 4.70. The van der Waals surface area contributed by atoms with Crippen LogP contribution in [-0.2, 0) is 19.3 Å². The molecule has 2 heterocycles. The Morgan fingerprint density at radius 1 is 1.04 bits per heavy atom. The van der Waals surface area contributed by atoms with Gasteiger partial charge in [0.1, 0.15) is 0 Å². The first-order valence-electron chi connectivity index (χ1n) is 8.96. The molecule has 0 bridgehead atoms. The Bertz CT molecular complexity index is 785. The Morgan fingerprint density at radius 3 is 2.25 bits per heavy atom. The standard InChI is InChI=1S/C17H21F3N6O2/c18-17(19,20)15-4-2-14(3-5-15)12-24-10-8-23(9-11-24)6-1-7-25-13-21-16(22-25)26(27)28/h2-5,13H,1,6-12H2. The molecule has 8 nitrogen and oxygen atoms in total. The van der Waals surface area contributed by atoms with E-state index in [9.17, 15) is 23.3 Å². The summed E-state index contributed by atoms with van der Waals surface area (Å²) in [4.78, 5) is 18.1. The highest BCUT2D eigenvalue weighted by Gasteiger charge is 2.30. The molecule has 0 atom stereocenters. The van der Waals surface area contributed by atoms with E-state index >= 15 is 0 Å². The molecule has 28 heavy (non-hydrogen) atoms. The molecule has 0 aliphatic carbocycles. The maximum atomic E-state index is 12.6. The van der Waals surface area contributed by atoms with Gasteiger partial charge in [0.25, 0.3) is 0 Å². The van der Waals surface area contributed by atoms with Gasteiger partial charge in [-0.2, -0.15) is 17.9 Å². The van der Waals surface area contributed by atoms with Crippen LogP contribution in [-0.4, -0.2) is 62.2 Å². The zero-order valence-corrected chi connectivity index (χ0v) is 15.2. The Balaban J connectivity index is 1.37. The van der Waals surface area contributed by atoms with E-state index in [0.29, 0.717) is 13.1 Å². The molecule has 0 spiro atoms. The quantitative estimate of drug-likeness (QED) is 0.526. The van der Waals surface area contributed by atoms with Crippen LogP contribution in [0.4, 0.5) is 19.1 Å². The summed E-state index contributed by atoms with van der Waals surface area (Å²) in [7, 11) is 0. The summed E-state index contributed by atoms with van der Waals surface area (Å²) in [6.07, 6.45) is -2.14. The minimum Gasteiger partial charge on any atom is -0.390 e. The zero-order valence-electron chi connectivity index (χ0n) is 15.2. The molecule has 0 radical (unpaired) electrons. The number of benzene rings is 1. The van der Waals surface area contributed by atoms with Gasteiger partial charge in [0.05, 0.1) is 12.1 Å². The first kappa shape index (κ1) is 20.2.